The van der Waals surface area contributed by atoms with Gasteiger partial charge in [0.05, 0.1) is 17.1 Å². The van der Waals surface area contributed by atoms with Crippen LogP contribution in [0, 0.1) is 5.82 Å². The number of nitrogens with zero attached hydrogens (tertiary/aromatic N) is 1. The Balaban J connectivity index is 1.95. The van der Waals surface area contributed by atoms with E-state index in [0.29, 0.717) is 16.4 Å². The number of carbonyl (C=O) groups excluding carboxylic acids is 2. The van der Waals surface area contributed by atoms with E-state index in [9.17, 15) is 14.0 Å². The van der Waals surface area contributed by atoms with Crippen LogP contribution >= 0.6 is 11.6 Å². The van der Waals surface area contributed by atoms with E-state index >= 15 is 0 Å². The number of carbonyl (C=O) groups is 2. The highest BCUT2D eigenvalue weighted by atomic mass is 35.5. The third kappa shape index (κ3) is 3.60. The molecular formula is C19H15ClFN3O2. The second-order valence-electron chi connectivity index (χ2n) is 5.58. The number of nitrogens with two attached hydrogens (primary N) is 1. The first-order valence-corrected chi connectivity index (χ1v) is 8.14. The van der Waals surface area contributed by atoms with Gasteiger partial charge in [0.15, 0.2) is 0 Å². The molecule has 0 unspecified atom stereocenters. The first kappa shape index (κ1) is 17.7. The van der Waals surface area contributed by atoms with Gasteiger partial charge in [-0.25, -0.2) is 4.39 Å². The highest BCUT2D eigenvalue weighted by Gasteiger charge is 2.17. The molecule has 3 rings (SSSR count). The van der Waals surface area contributed by atoms with Gasteiger partial charge < -0.3 is 15.6 Å². The summed E-state index contributed by atoms with van der Waals surface area (Å²) in [4.78, 5) is 24.2. The minimum atomic E-state index is -0.681. The molecule has 0 spiro atoms. The summed E-state index contributed by atoms with van der Waals surface area (Å²) in [6.07, 6.45) is 0. The Morgan fingerprint density at radius 1 is 1.04 bits per heavy atom. The van der Waals surface area contributed by atoms with Gasteiger partial charge in [0, 0.05) is 5.56 Å². The zero-order valence-electron chi connectivity index (χ0n) is 13.6. The zero-order chi connectivity index (χ0) is 18.7. The van der Waals surface area contributed by atoms with Gasteiger partial charge in [-0.1, -0.05) is 41.9 Å². The molecule has 0 atom stereocenters. The van der Waals surface area contributed by atoms with Crippen LogP contribution in [0.3, 0.4) is 0 Å². The van der Waals surface area contributed by atoms with Gasteiger partial charge in [-0.2, -0.15) is 0 Å². The average Bonchev–Trinajstić information content (AvgIpc) is 3.00. The number of nitrogens with one attached hydrogen (secondary N) is 1. The van der Waals surface area contributed by atoms with Crippen molar-refractivity contribution in [3.8, 4) is 0 Å². The lowest BCUT2D eigenvalue weighted by atomic mass is 10.2. The largest absolute Gasteiger partial charge is 0.364 e. The van der Waals surface area contributed by atoms with Gasteiger partial charge >= 0.3 is 0 Å². The summed E-state index contributed by atoms with van der Waals surface area (Å²) in [6.45, 7) is 0.0378. The van der Waals surface area contributed by atoms with E-state index in [1.807, 2.05) is 0 Å². The number of amides is 2. The van der Waals surface area contributed by atoms with Crippen LogP contribution < -0.4 is 11.1 Å². The molecular weight excluding hydrogens is 357 g/mol. The lowest BCUT2D eigenvalue weighted by molar-refractivity contribution is 0.0987. The molecule has 2 amide bonds. The van der Waals surface area contributed by atoms with Crippen LogP contribution in [-0.2, 0) is 6.54 Å². The number of hydrogen-bond acceptors (Lipinski definition) is 2. The highest BCUT2D eigenvalue weighted by Crippen LogP contribution is 2.21. The zero-order valence-corrected chi connectivity index (χ0v) is 14.3. The molecule has 0 fully saturated rings. The van der Waals surface area contributed by atoms with E-state index in [2.05, 4.69) is 5.32 Å². The summed E-state index contributed by atoms with van der Waals surface area (Å²) >= 11 is 6.04. The number of aromatic nitrogens is 1. The van der Waals surface area contributed by atoms with E-state index in [1.165, 1.54) is 22.8 Å². The van der Waals surface area contributed by atoms with E-state index < -0.39 is 17.6 Å². The van der Waals surface area contributed by atoms with Crippen LogP contribution in [-0.4, -0.2) is 16.4 Å². The number of primary amides is 1. The number of anilines is 1. The monoisotopic (exact) mass is 371 g/mol. The van der Waals surface area contributed by atoms with Crippen molar-refractivity contribution in [2.45, 2.75) is 6.54 Å². The number of benzene rings is 2. The molecule has 132 valence electrons. The maximum absolute atomic E-state index is 14.0. The first-order valence-electron chi connectivity index (χ1n) is 7.76. The van der Waals surface area contributed by atoms with E-state index in [0.717, 1.165) is 0 Å². The van der Waals surface area contributed by atoms with Crippen LogP contribution in [0.25, 0.3) is 0 Å². The molecule has 0 aliphatic heterocycles. The minimum absolute atomic E-state index is 0.0378. The van der Waals surface area contributed by atoms with Crippen molar-refractivity contribution in [2.24, 2.45) is 5.73 Å². The molecule has 7 heteroatoms. The van der Waals surface area contributed by atoms with Crippen LogP contribution in [0.1, 0.15) is 26.4 Å². The van der Waals surface area contributed by atoms with Crippen molar-refractivity contribution in [2.75, 3.05) is 5.32 Å². The maximum atomic E-state index is 14.0. The summed E-state index contributed by atoms with van der Waals surface area (Å²) in [7, 11) is 0. The van der Waals surface area contributed by atoms with Crippen molar-refractivity contribution in [3.63, 3.8) is 0 Å². The topological polar surface area (TPSA) is 77.1 Å². The molecule has 0 bridgehead atoms. The van der Waals surface area contributed by atoms with Crippen LogP contribution in [0.2, 0.25) is 5.02 Å². The highest BCUT2D eigenvalue weighted by molar-refractivity contribution is 6.34. The fourth-order valence-electron chi connectivity index (χ4n) is 2.59. The number of rotatable bonds is 5. The van der Waals surface area contributed by atoms with E-state index in [4.69, 9.17) is 17.3 Å². The second kappa shape index (κ2) is 7.41. The summed E-state index contributed by atoms with van der Waals surface area (Å²) in [5, 5.41) is 2.99. The van der Waals surface area contributed by atoms with Crippen LogP contribution in [0.5, 0.6) is 0 Å². The fourth-order valence-corrected chi connectivity index (χ4v) is 2.81. The molecule has 0 aliphatic carbocycles. The van der Waals surface area contributed by atoms with Gasteiger partial charge in [-0.05, 0) is 30.3 Å². The average molecular weight is 372 g/mol. The van der Waals surface area contributed by atoms with Crippen molar-refractivity contribution < 1.29 is 14.0 Å². The molecule has 0 radical (unpaired) electrons. The van der Waals surface area contributed by atoms with Gasteiger partial charge in [0.2, 0.25) is 0 Å². The Labute approximate surface area is 154 Å². The van der Waals surface area contributed by atoms with Gasteiger partial charge in [-0.15, -0.1) is 0 Å². The Bertz CT molecular complexity index is 984. The summed E-state index contributed by atoms with van der Waals surface area (Å²) in [5.74, 6) is -1.23. The molecule has 3 aromatic rings. The second-order valence-corrected chi connectivity index (χ2v) is 5.99. The van der Waals surface area contributed by atoms with Crippen molar-refractivity contribution in [1.82, 2.24) is 4.57 Å². The van der Waals surface area contributed by atoms with Crippen molar-refractivity contribution in [1.29, 1.82) is 0 Å². The summed E-state index contributed by atoms with van der Waals surface area (Å²) < 4.78 is 15.4. The predicted octanol–water partition coefficient (Wildman–Crippen LogP) is 3.68. The molecule has 26 heavy (non-hydrogen) atoms. The SMILES string of the molecule is NC(=O)c1ccc(NC(=O)c2ccccc2Cl)n1Cc1ccccc1F. The third-order valence-electron chi connectivity index (χ3n) is 3.88. The van der Waals surface area contributed by atoms with Gasteiger partial charge in [-0.3, -0.25) is 9.59 Å². The van der Waals surface area contributed by atoms with Crippen molar-refractivity contribution in [3.05, 3.63) is 88.3 Å². The number of hydrogen-bond donors (Lipinski definition) is 2. The minimum Gasteiger partial charge on any atom is -0.364 e. The summed E-state index contributed by atoms with van der Waals surface area (Å²) in [6, 6.07) is 15.8. The molecule has 0 saturated heterocycles. The molecule has 2 aromatic carbocycles. The van der Waals surface area contributed by atoms with Gasteiger partial charge in [0.1, 0.15) is 17.3 Å². The van der Waals surface area contributed by atoms with E-state index in [-0.39, 0.29) is 17.8 Å². The third-order valence-corrected chi connectivity index (χ3v) is 4.21. The summed E-state index contributed by atoms with van der Waals surface area (Å²) in [5.41, 5.74) is 6.20. The standard InChI is InChI=1S/C19H15ClFN3O2/c20-14-7-3-2-6-13(14)19(26)23-17-10-9-16(18(22)25)24(17)11-12-5-1-4-8-15(12)21/h1-10H,11H2,(H2,22,25)(H,23,26). The number of halogens is 2. The Morgan fingerprint density at radius 3 is 2.42 bits per heavy atom. The quantitative estimate of drug-likeness (QED) is 0.717. The smallest absolute Gasteiger partial charge is 0.265 e. The molecule has 1 heterocycles. The maximum Gasteiger partial charge on any atom is 0.265 e. The fraction of sp³-hybridized carbons (Fsp3) is 0.0526. The Hall–Kier alpha value is -3.12. The Kier molecular flexibility index (Phi) is 5.04. The lowest BCUT2D eigenvalue weighted by Crippen LogP contribution is -2.21. The van der Waals surface area contributed by atoms with Crippen LogP contribution in [0.4, 0.5) is 10.2 Å². The molecule has 5 nitrogen and oxygen atoms in total. The molecule has 3 N–H and O–H groups in total. The van der Waals surface area contributed by atoms with E-state index in [1.54, 1.807) is 42.5 Å². The predicted molar refractivity (Wildman–Crippen MR) is 97.9 cm³/mol. The lowest BCUT2D eigenvalue weighted by Gasteiger charge is -2.14. The normalized spacial score (nSPS) is 10.5. The van der Waals surface area contributed by atoms with Gasteiger partial charge in [0.25, 0.3) is 11.8 Å². The Morgan fingerprint density at radius 2 is 1.73 bits per heavy atom. The molecule has 0 saturated carbocycles. The molecule has 0 aliphatic rings. The first-order chi connectivity index (χ1) is 12.5. The van der Waals surface area contributed by atoms with Crippen molar-refractivity contribution >= 4 is 29.2 Å². The van der Waals surface area contributed by atoms with Crippen LogP contribution in [0.15, 0.2) is 60.7 Å². The molecule has 1 aromatic heterocycles.